The maximum atomic E-state index is 12.3. The molecular formula is C23H27ClN2O2S. The Morgan fingerprint density at radius 2 is 1.90 bits per heavy atom. The molecule has 0 aliphatic carbocycles. The Bertz CT molecular complexity index is 918. The molecule has 0 radical (unpaired) electrons. The number of rotatable bonds is 2. The molecule has 4 rings (SSSR count). The third-order valence-electron chi connectivity index (χ3n) is 5.34. The van der Waals surface area contributed by atoms with Crippen LogP contribution in [0, 0.1) is 5.92 Å². The van der Waals surface area contributed by atoms with Crippen LogP contribution < -0.4 is 5.32 Å². The molecule has 6 heteroatoms. The number of benzene rings is 2. The predicted octanol–water partition coefficient (Wildman–Crippen LogP) is 6.74. The van der Waals surface area contributed by atoms with E-state index in [1.54, 1.807) is 11.8 Å². The number of nitrogens with zero attached hydrogens (tertiary/aromatic N) is 1. The number of para-hydroxylation sites is 1. The van der Waals surface area contributed by atoms with Gasteiger partial charge in [0.25, 0.3) is 0 Å². The summed E-state index contributed by atoms with van der Waals surface area (Å²) in [7, 11) is 0. The van der Waals surface area contributed by atoms with E-state index < -0.39 is 5.60 Å². The Hall–Kier alpha value is -1.85. The second-order valence-corrected chi connectivity index (χ2v) is 10.2. The van der Waals surface area contributed by atoms with Gasteiger partial charge in [-0.2, -0.15) is 0 Å². The van der Waals surface area contributed by atoms with E-state index in [4.69, 9.17) is 16.3 Å². The second-order valence-electron chi connectivity index (χ2n) is 8.74. The van der Waals surface area contributed by atoms with E-state index in [0.29, 0.717) is 5.92 Å². The lowest BCUT2D eigenvalue weighted by atomic mass is 9.89. The lowest BCUT2D eigenvalue weighted by Crippen LogP contribution is -2.42. The third-order valence-corrected chi connectivity index (χ3v) is 6.83. The minimum Gasteiger partial charge on any atom is -0.444 e. The highest BCUT2D eigenvalue weighted by atomic mass is 35.5. The van der Waals surface area contributed by atoms with Gasteiger partial charge in [0.1, 0.15) is 5.60 Å². The zero-order valence-corrected chi connectivity index (χ0v) is 18.7. The van der Waals surface area contributed by atoms with Crippen molar-refractivity contribution in [2.45, 2.75) is 55.4 Å². The Balaban J connectivity index is 1.45. The summed E-state index contributed by atoms with van der Waals surface area (Å²) in [4.78, 5) is 16.6. The molecule has 2 aromatic rings. The first-order chi connectivity index (χ1) is 13.8. The van der Waals surface area contributed by atoms with Gasteiger partial charge in [-0.15, -0.1) is 0 Å². The summed E-state index contributed by atoms with van der Waals surface area (Å²) in [5.74, 6) is 0.502. The van der Waals surface area contributed by atoms with Crippen molar-refractivity contribution in [3.63, 3.8) is 0 Å². The van der Waals surface area contributed by atoms with Gasteiger partial charge in [-0.1, -0.05) is 35.5 Å². The molecule has 2 aliphatic heterocycles. The van der Waals surface area contributed by atoms with E-state index >= 15 is 0 Å². The van der Waals surface area contributed by atoms with Gasteiger partial charge in [-0.3, -0.25) is 0 Å². The molecule has 2 heterocycles. The third kappa shape index (κ3) is 4.67. The number of hydrogen-bond donors (Lipinski definition) is 1. The summed E-state index contributed by atoms with van der Waals surface area (Å²) in [5, 5.41) is 4.41. The van der Waals surface area contributed by atoms with Gasteiger partial charge in [-0.05, 0) is 75.8 Å². The molecule has 0 unspecified atom stereocenters. The van der Waals surface area contributed by atoms with E-state index in [1.165, 1.54) is 15.4 Å². The van der Waals surface area contributed by atoms with E-state index in [2.05, 4.69) is 29.6 Å². The molecule has 0 atom stereocenters. The molecule has 0 aromatic heterocycles. The number of fused-ring (bicyclic) bond motifs is 2. The van der Waals surface area contributed by atoms with Crippen molar-refractivity contribution in [3.05, 3.63) is 47.0 Å². The molecule has 0 saturated carbocycles. The number of hydrogen-bond acceptors (Lipinski definition) is 4. The SMILES string of the molecule is CC(C)(C)OC(=O)N1CCC(Cc2c(Cl)ccc3c2Nc2ccccc2S3)CC1. The molecular weight excluding hydrogens is 404 g/mol. The number of ether oxygens (including phenoxy) is 1. The van der Waals surface area contributed by atoms with Gasteiger partial charge in [0.15, 0.2) is 0 Å². The highest BCUT2D eigenvalue weighted by Crippen LogP contribution is 2.47. The van der Waals surface area contributed by atoms with Crippen LogP contribution >= 0.6 is 23.4 Å². The average Bonchev–Trinajstić information content (AvgIpc) is 2.68. The fourth-order valence-electron chi connectivity index (χ4n) is 3.87. The number of amides is 1. The monoisotopic (exact) mass is 430 g/mol. The summed E-state index contributed by atoms with van der Waals surface area (Å²) >= 11 is 8.41. The quantitative estimate of drug-likeness (QED) is 0.488. The summed E-state index contributed by atoms with van der Waals surface area (Å²) in [6, 6.07) is 12.5. The maximum Gasteiger partial charge on any atom is 0.410 e. The zero-order chi connectivity index (χ0) is 20.6. The topological polar surface area (TPSA) is 41.6 Å². The van der Waals surface area contributed by atoms with Crippen LogP contribution in [0.2, 0.25) is 5.02 Å². The molecule has 1 saturated heterocycles. The van der Waals surface area contributed by atoms with Crippen LogP contribution in [0.15, 0.2) is 46.2 Å². The van der Waals surface area contributed by atoms with Crippen molar-refractivity contribution < 1.29 is 9.53 Å². The van der Waals surface area contributed by atoms with Crippen LogP contribution in [-0.2, 0) is 11.2 Å². The first-order valence-corrected chi connectivity index (χ1v) is 11.3. The van der Waals surface area contributed by atoms with E-state index in [-0.39, 0.29) is 6.09 Å². The molecule has 154 valence electrons. The van der Waals surface area contributed by atoms with Crippen molar-refractivity contribution in [2.24, 2.45) is 5.92 Å². The van der Waals surface area contributed by atoms with Crippen LogP contribution in [0.5, 0.6) is 0 Å². The van der Waals surface area contributed by atoms with E-state index in [9.17, 15) is 4.79 Å². The summed E-state index contributed by atoms with van der Waals surface area (Å²) in [6.45, 7) is 7.18. The average molecular weight is 431 g/mol. The fourth-order valence-corrected chi connectivity index (χ4v) is 5.13. The first kappa shape index (κ1) is 20.4. The van der Waals surface area contributed by atoms with Gasteiger partial charge in [0.05, 0.1) is 11.4 Å². The molecule has 2 aromatic carbocycles. The fraction of sp³-hybridized carbons (Fsp3) is 0.435. The highest BCUT2D eigenvalue weighted by molar-refractivity contribution is 7.99. The van der Waals surface area contributed by atoms with Crippen LogP contribution in [0.1, 0.15) is 39.2 Å². The van der Waals surface area contributed by atoms with E-state index in [0.717, 1.165) is 48.7 Å². The lowest BCUT2D eigenvalue weighted by Gasteiger charge is -2.34. The standard InChI is InChI=1S/C23H27ClN2O2S/c1-23(2,3)28-22(27)26-12-10-15(11-13-26)14-16-17(24)8-9-20-21(16)25-18-6-4-5-7-19(18)29-20/h4-9,15,25H,10-14H2,1-3H3. The predicted molar refractivity (Wildman–Crippen MR) is 120 cm³/mol. The van der Waals surface area contributed by atoms with Gasteiger partial charge >= 0.3 is 6.09 Å². The van der Waals surface area contributed by atoms with Crippen molar-refractivity contribution in [1.29, 1.82) is 0 Å². The number of carbonyl (C=O) groups excluding carboxylic acids is 1. The van der Waals surface area contributed by atoms with Crippen molar-refractivity contribution in [2.75, 3.05) is 18.4 Å². The van der Waals surface area contributed by atoms with Crippen molar-refractivity contribution in [1.82, 2.24) is 4.90 Å². The van der Waals surface area contributed by atoms with Crippen LogP contribution in [0.25, 0.3) is 0 Å². The highest BCUT2D eigenvalue weighted by Gasteiger charge is 2.28. The zero-order valence-electron chi connectivity index (χ0n) is 17.1. The molecule has 0 spiro atoms. The Kier molecular flexibility index (Phi) is 5.71. The molecule has 1 fully saturated rings. The number of halogens is 1. The van der Waals surface area contributed by atoms with Gasteiger partial charge < -0.3 is 15.0 Å². The smallest absolute Gasteiger partial charge is 0.410 e. The van der Waals surface area contributed by atoms with Crippen LogP contribution in [0.4, 0.5) is 16.2 Å². The van der Waals surface area contributed by atoms with Gasteiger partial charge in [0.2, 0.25) is 0 Å². The molecule has 1 amide bonds. The lowest BCUT2D eigenvalue weighted by molar-refractivity contribution is 0.0184. The summed E-state index contributed by atoms with van der Waals surface area (Å²) in [6.07, 6.45) is 2.63. The van der Waals surface area contributed by atoms with Crippen LogP contribution in [-0.4, -0.2) is 29.7 Å². The summed E-state index contributed by atoms with van der Waals surface area (Å²) < 4.78 is 5.51. The van der Waals surface area contributed by atoms with Crippen molar-refractivity contribution in [3.8, 4) is 0 Å². The molecule has 2 aliphatic rings. The Labute approximate surface area is 182 Å². The normalized spacial score (nSPS) is 16.6. The van der Waals surface area contributed by atoms with E-state index in [1.807, 2.05) is 37.8 Å². The second kappa shape index (κ2) is 8.11. The first-order valence-electron chi connectivity index (χ1n) is 10.1. The summed E-state index contributed by atoms with van der Waals surface area (Å²) in [5.41, 5.74) is 3.00. The molecule has 4 nitrogen and oxygen atoms in total. The molecule has 29 heavy (non-hydrogen) atoms. The Morgan fingerprint density at radius 3 is 2.62 bits per heavy atom. The maximum absolute atomic E-state index is 12.3. The minimum atomic E-state index is -0.454. The number of carbonyl (C=O) groups is 1. The molecule has 0 bridgehead atoms. The number of likely N-dealkylation sites (tertiary alicyclic amines) is 1. The largest absolute Gasteiger partial charge is 0.444 e. The Morgan fingerprint density at radius 1 is 1.17 bits per heavy atom. The number of nitrogens with one attached hydrogen (secondary N) is 1. The number of anilines is 2. The van der Waals surface area contributed by atoms with Gasteiger partial charge in [-0.25, -0.2) is 4.79 Å². The van der Waals surface area contributed by atoms with Crippen LogP contribution in [0.3, 0.4) is 0 Å². The molecule has 1 N–H and O–H groups in total. The minimum absolute atomic E-state index is 0.208. The van der Waals surface area contributed by atoms with Gasteiger partial charge in [0, 0.05) is 27.9 Å². The number of piperidine rings is 1. The van der Waals surface area contributed by atoms with Crippen molar-refractivity contribution >= 4 is 40.8 Å².